The quantitative estimate of drug-likeness (QED) is 0.784. The number of ether oxygens (including phenoxy) is 1. The summed E-state index contributed by atoms with van der Waals surface area (Å²) in [5.74, 6) is 0.973. The number of carbonyl (C=O) groups excluding carboxylic acids is 1. The van der Waals surface area contributed by atoms with Gasteiger partial charge in [0.15, 0.2) is 4.34 Å². The lowest BCUT2D eigenvalue weighted by Gasteiger charge is -2.14. The molecule has 8 heteroatoms. The number of nitrogens with one attached hydrogen (secondary N) is 1. The number of thioether (sulfide) groups is 1. The van der Waals surface area contributed by atoms with Crippen molar-refractivity contribution in [3.8, 4) is 5.75 Å². The molecule has 2 rings (SSSR count). The van der Waals surface area contributed by atoms with E-state index >= 15 is 0 Å². The van der Waals surface area contributed by atoms with Gasteiger partial charge < -0.3 is 10.1 Å². The first-order valence-electron chi connectivity index (χ1n) is 6.40. The number of hydrogen-bond acceptors (Lipinski definition) is 7. The summed E-state index contributed by atoms with van der Waals surface area (Å²) >= 11 is 2.87. The minimum absolute atomic E-state index is 0.0468. The third-order valence-corrected chi connectivity index (χ3v) is 4.36. The highest BCUT2D eigenvalue weighted by molar-refractivity contribution is 8.01. The first-order chi connectivity index (χ1) is 10.1. The van der Waals surface area contributed by atoms with E-state index in [0.29, 0.717) is 18.0 Å². The second-order valence-corrected chi connectivity index (χ2v) is 6.70. The van der Waals surface area contributed by atoms with Crippen LogP contribution in [0.15, 0.2) is 28.9 Å². The predicted octanol–water partition coefficient (Wildman–Crippen LogP) is 1.92. The number of amides is 1. The Bertz CT molecular complexity index is 577. The predicted molar refractivity (Wildman–Crippen MR) is 82.7 cm³/mol. The van der Waals surface area contributed by atoms with Gasteiger partial charge in [0.2, 0.25) is 5.91 Å². The monoisotopic (exact) mass is 324 g/mol. The van der Waals surface area contributed by atoms with Crippen molar-refractivity contribution in [1.29, 1.82) is 0 Å². The second kappa shape index (κ2) is 7.94. The molecule has 0 aromatic carbocycles. The van der Waals surface area contributed by atoms with Gasteiger partial charge >= 0.3 is 0 Å². The Balaban J connectivity index is 1.66. The van der Waals surface area contributed by atoms with Crippen molar-refractivity contribution in [3.05, 3.63) is 29.5 Å². The van der Waals surface area contributed by atoms with Gasteiger partial charge in [0.1, 0.15) is 16.9 Å². The molecule has 0 fully saturated rings. The van der Waals surface area contributed by atoms with Crippen LogP contribution in [-0.4, -0.2) is 39.5 Å². The van der Waals surface area contributed by atoms with Crippen molar-refractivity contribution in [2.45, 2.75) is 24.3 Å². The highest BCUT2D eigenvalue weighted by Crippen LogP contribution is 2.21. The molecular formula is C13H16N4O2S2. The van der Waals surface area contributed by atoms with Gasteiger partial charge in [0.05, 0.1) is 18.5 Å². The molecule has 1 atom stereocenters. The Morgan fingerprint density at radius 3 is 3.05 bits per heavy atom. The van der Waals surface area contributed by atoms with Gasteiger partial charge in [-0.1, -0.05) is 23.1 Å². The number of pyridine rings is 1. The molecule has 0 bridgehead atoms. The Kier molecular flexibility index (Phi) is 5.94. The van der Waals surface area contributed by atoms with Crippen LogP contribution < -0.4 is 10.1 Å². The smallest absolute Gasteiger partial charge is 0.230 e. The van der Waals surface area contributed by atoms with Gasteiger partial charge in [-0.25, -0.2) is 0 Å². The highest BCUT2D eigenvalue weighted by Gasteiger charge is 2.09. The van der Waals surface area contributed by atoms with Crippen LogP contribution in [-0.2, 0) is 4.79 Å². The lowest BCUT2D eigenvalue weighted by Crippen LogP contribution is -2.34. The van der Waals surface area contributed by atoms with Crippen LogP contribution in [0.1, 0.15) is 11.9 Å². The van der Waals surface area contributed by atoms with Crippen LogP contribution in [0, 0.1) is 6.92 Å². The maximum atomic E-state index is 11.7. The summed E-state index contributed by atoms with van der Waals surface area (Å²) in [4.78, 5) is 15.7. The van der Waals surface area contributed by atoms with E-state index in [2.05, 4.69) is 20.5 Å². The number of carbonyl (C=O) groups is 1. The molecule has 112 valence electrons. The summed E-state index contributed by atoms with van der Waals surface area (Å²) in [5, 5.41) is 11.6. The summed E-state index contributed by atoms with van der Waals surface area (Å²) in [6.07, 6.45) is 3.21. The zero-order valence-electron chi connectivity index (χ0n) is 11.8. The fourth-order valence-corrected chi connectivity index (χ4v) is 3.11. The molecular weight excluding hydrogens is 308 g/mol. The van der Waals surface area contributed by atoms with E-state index < -0.39 is 0 Å². The summed E-state index contributed by atoms with van der Waals surface area (Å²) in [6, 6.07) is 3.64. The number of hydrogen-bond donors (Lipinski definition) is 1. The van der Waals surface area contributed by atoms with Gasteiger partial charge in [-0.2, -0.15) is 0 Å². The van der Waals surface area contributed by atoms with Crippen molar-refractivity contribution >= 4 is 29.0 Å². The Morgan fingerprint density at radius 2 is 2.38 bits per heavy atom. The Hall–Kier alpha value is -1.67. The molecule has 6 nitrogen and oxygen atoms in total. The molecule has 0 saturated carbocycles. The van der Waals surface area contributed by atoms with Gasteiger partial charge in [0, 0.05) is 6.20 Å². The molecule has 0 unspecified atom stereocenters. The van der Waals surface area contributed by atoms with Crippen molar-refractivity contribution in [2.75, 3.05) is 12.3 Å². The van der Waals surface area contributed by atoms with E-state index in [4.69, 9.17) is 4.74 Å². The van der Waals surface area contributed by atoms with E-state index in [0.717, 1.165) is 9.35 Å². The molecule has 2 heterocycles. The second-order valence-electron chi connectivity index (χ2n) is 4.30. The number of aryl methyl sites for hydroxylation is 1. The number of nitrogens with zero attached hydrogens (tertiary/aromatic N) is 3. The van der Waals surface area contributed by atoms with E-state index in [1.807, 2.05) is 19.9 Å². The first kappa shape index (κ1) is 15.7. The number of rotatable bonds is 7. The summed E-state index contributed by atoms with van der Waals surface area (Å²) in [5.41, 5.74) is 0. The lowest BCUT2D eigenvalue weighted by atomic mass is 10.4. The van der Waals surface area contributed by atoms with Gasteiger partial charge in [-0.15, -0.1) is 10.2 Å². The Morgan fingerprint density at radius 1 is 1.52 bits per heavy atom. The van der Waals surface area contributed by atoms with Gasteiger partial charge in [0.25, 0.3) is 0 Å². The zero-order chi connectivity index (χ0) is 15.1. The van der Waals surface area contributed by atoms with Crippen molar-refractivity contribution < 1.29 is 9.53 Å². The van der Waals surface area contributed by atoms with Crippen LogP contribution in [0.5, 0.6) is 5.75 Å². The van der Waals surface area contributed by atoms with Crippen LogP contribution in [0.25, 0.3) is 0 Å². The normalized spacial score (nSPS) is 11.9. The van der Waals surface area contributed by atoms with Gasteiger partial charge in [-0.3, -0.25) is 9.78 Å². The minimum atomic E-state index is -0.119. The van der Waals surface area contributed by atoms with Gasteiger partial charge in [-0.05, 0) is 26.0 Å². The topological polar surface area (TPSA) is 77.0 Å². The van der Waals surface area contributed by atoms with E-state index in [9.17, 15) is 4.79 Å². The average molecular weight is 324 g/mol. The molecule has 0 saturated heterocycles. The highest BCUT2D eigenvalue weighted by atomic mass is 32.2. The van der Waals surface area contributed by atoms with Crippen LogP contribution >= 0.6 is 23.1 Å². The summed E-state index contributed by atoms with van der Waals surface area (Å²) in [6.45, 7) is 4.23. The van der Waals surface area contributed by atoms with Crippen molar-refractivity contribution in [3.63, 3.8) is 0 Å². The fourth-order valence-electron chi connectivity index (χ4n) is 1.46. The minimum Gasteiger partial charge on any atom is -0.487 e. The van der Waals surface area contributed by atoms with Crippen LogP contribution in [0.3, 0.4) is 0 Å². The molecule has 0 spiro atoms. The molecule has 0 radical (unpaired) electrons. The van der Waals surface area contributed by atoms with Crippen LogP contribution in [0.4, 0.5) is 0 Å². The average Bonchev–Trinajstić information content (AvgIpc) is 2.90. The molecule has 2 aromatic rings. The van der Waals surface area contributed by atoms with Crippen molar-refractivity contribution in [2.24, 2.45) is 0 Å². The van der Waals surface area contributed by atoms with E-state index in [1.165, 1.54) is 23.1 Å². The third-order valence-electron chi connectivity index (χ3n) is 2.39. The molecule has 0 aliphatic heterocycles. The molecule has 21 heavy (non-hydrogen) atoms. The Labute approximate surface area is 131 Å². The molecule has 0 aliphatic carbocycles. The first-order valence-corrected chi connectivity index (χ1v) is 8.20. The molecule has 1 N–H and O–H groups in total. The largest absolute Gasteiger partial charge is 0.487 e. The SMILES string of the molecule is Cc1nnc(SCC(=O)NC[C@@H](C)Oc2cccnc2)s1. The maximum absolute atomic E-state index is 11.7. The van der Waals surface area contributed by atoms with E-state index in [-0.39, 0.29) is 12.0 Å². The van der Waals surface area contributed by atoms with Crippen LogP contribution in [0.2, 0.25) is 0 Å². The molecule has 2 aromatic heterocycles. The van der Waals surface area contributed by atoms with E-state index in [1.54, 1.807) is 18.5 Å². The number of aromatic nitrogens is 3. The maximum Gasteiger partial charge on any atom is 0.230 e. The third kappa shape index (κ3) is 5.68. The molecule has 1 amide bonds. The standard InChI is InChI=1S/C13H16N4O2S2/c1-9(19-11-4-3-5-14-7-11)6-15-12(18)8-20-13-17-16-10(2)21-13/h3-5,7,9H,6,8H2,1-2H3,(H,15,18)/t9-/m1/s1. The fraction of sp³-hybridized carbons (Fsp3) is 0.385. The summed E-state index contributed by atoms with van der Waals surface area (Å²) < 4.78 is 6.43. The zero-order valence-corrected chi connectivity index (χ0v) is 13.4. The van der Waals surface area contributed by atoms with Crippen molar-refractivity contribution in [1.82, 2.24) is 20.5 Å². The summed E-state index contributed by atoms with van der Waals surface area (Å²) in [7, 11) is 0. The lowest BCUT2D eigenvalue weighted by molar-refractivity contribution is -0.118. The molecule has 0 aliphatic rings.